The van der Waals surface area contributed by atoms with Gasteiger partial charge in [0.25, 0.3) is 47.8 Å². The summed E-state index contributed by atoms with van der Waals surface area (Å²) < 4.78 is 101. The van der Waals surface area contributed by atoms with Crippen LogP contribution in [-0.4, -0.2) is 77.7 Å². The molecule has 0 bridgehead atoms. The van der Waals surface area contributed by atoms with E-state index in [1.54, 1.807) is 168 Å². The Hall–Kier alpha value is -9.71. The van der Waals surface area contributed by atoms with Crippen LogP contribution in [0.4, 0.5) is 32.5 Å². The van der Waals surface area contributed by atoms with Gasteiger partial charge in [0.2, 0.25) is 0 Å². The number of nitrogens with one attached hydrogen (secondary N) is 6. The molecule has 29 heteroatoms. The van der Waals surface area contributed by atoms with Crippen LogP contribution in [-0.2, 0) is 44.5 Å². The van der Waals surface area contributed by atoms with Crippen LogP contribution in [0.5, 0.6) is 17.2 Å². The maximum Gasteiger partial charge on any atom is 0.264 e. The second kappa shape index (κ2) is 29.9. The molecule has 12 aromatic rings. The summed E-state index contributed by atoms with van der Waals surface area (Å²) in [6, 6.07) is 52.3. The first kappa shape index (κ1) is 65.2. The van der Waals surface area contributed by atoms with Crippen molar-refractivity contribution in [1.82, 2.24) is 15.0 Å². The third-order valence-corrected chi connectivity index (χ3v) is 19.9. The van der Waals surface area contributed by atoms with Gasteiger partial charge in [0.05, 0.1) is 14.7 Å². The summed E-state index contributed by atoms with van der Waals surface area (Å²) in [6.07, 6.45) is 4.56. The molecule has 468 valence electrons. The molecule has 3 amide bonds. The molecule has 0 spiro atoms. The minimum atomic E-state index is -3.86. The highest BCUT2D eigenvalue weighted by Crippen LogP contribution is 2.34. The summed E-state index contributed by atoms with van der Waals surface area (Å²) in [5.41, 5.74) is 1.46. The third kappa shape index (κ3) is 17.2. The van der Waals surface area contributed by atoms with Crippen LogP contribution in [0.2, 0.25) is 10.0 Å². The van der Waals surface area contributed by atoms with Gasteiger partial charge in [0, 0.05) is 94.2 Å². The lowest BCUT2D eigenvalue weighted by Gasteiger charge is -2.13. The van der Waals surface area contributed by atoms with Crippen LogP contribution in [0.3, 0.4) is 0 Å². The smallest absolute Gasteiger partial charge is 0.264 e. The van der Waals surface area contributed by atoms with Crippen molar-refractivity contribution in [2.24, 2.45) is 0 Å². The van der Waals surface area contributed by atoms with E-state index in [1.807, 2.05) is 18.2 Å². The first-order valence-electron chi connectivity index (χ1n) is 27.0. The summed E-state index contributed by atoms with van der Waals surface area (Å²) >= 11 is 15.3. The highest BCUT2D eigenvalue weighted by Gasteiger charge is 2.24. The summed E-state index contributed by atoms with van der Waals surface area (Å²) in [7, 11) is -11.6. The molecule has 0 atom stereocenters. The van der Waals surface area contributed by atoms with Gasteiger partial charge in [-0.1, -0.05) is 120 Å². The number of hydrogen-bond acceptors (Lipinski definition) is 18. The number of halogens is 2. The number of thiazole rings is 3. The minimum absolute atomic E-state index is 0.0893. The number of aromatic nitrogens is 3. The van der Waals surface area contributed by atoms with Crippen molar-refractivity contribution < 1.29 is 53.8 Å². The lowest BCUT2D eigenvalue weighted by Crippen LogP contribution is -2.20. The van der Waals surface area contributed by atoms with Gasteiger partial charge in [-0.2, -0.15) is 0 Å². The molecule has 21 nitrogen and oxygen atoms in total. The Morgan fingerprint density at radius 1 is 0.359 bits per heavy atom. The van der Waals surface area contributed by atoms with Crippen LogP contribution < -0.4 is 44.3 Å². The Morgan fingerprint density at radius 3 is 1.14 bits per heavy atom. The quantitative estimate of drug-likeness (QED) is 0.0390. The zero-order valence-electron chi connectivity index (χ0n) is 47.4. The van der Waals surface area contributed by atoms with Gasteiger partial charge in [-0.25, -0.2) is 40.2 Å². The molecule has 0 unspecified atom stereocenters. The van der Waals surface area contributed by atoms with Crippen LogP contribution in [0.25, 0.3) is 32.3 Å². The fourth-order valence-electron chi connectivity index (χ4n) is 8.80. The van der Waals surface area contributed by atoms with E-state index in [0.717, 1.165) is 0 Å². The summed E-state index contributed by atoms with van der Waals surface area (Å²) in [4.78, 5) is 49.3. The van der Waals surface area contributed by atoms with Crippen molar-refractivity contribution in [3.8, 4) is 17.2 Å². The number of fused-ring (bicyclic) bond motifs is 3. The summed E-state index contributed by atoms with van der Waals surface area (Å²) in [5, 5.41) is 18.5. The molecule has 0 saturated heterocycles. The normalized spacial score (nSPS) is 11.2. The standard InChI is InChI=1S/2C21H16ClN3O4S2.C21H17N3O4S2/c22-14-4-1-5-15(12-14)29-13-20(26)24-18-8-2-7-17-16(18)6-3-9-19(17)31(27,28)25-21-23-10-11-30-21;22-14-7-9-15(10-8-14)29-13-20(26)24-18-5-1-4-17-16(18)3-2-6-19(17)31(27,28)25-21-23-11-12-30-21;25-20(14-28-15-6-2-1-3-7-15)23-18-10-11-19(17-9-5-4-8-16(17)18)30(26,27)24-21-22-12-13-29-21/h2*1-12H,13H2,(H,23,25)(H,24,26);1-13H,14H2,(H,22,24)(H,23,25). The molecular weight excluding hydrogens is 1340 g/mol. The maximum absolute atomic E-state index is 12.9. The van der Waals surface area contributed by atoms with Gasteiger partial charge in [-0.05, 0) is 91.0 Å². The number of nitrogens with zero attached hydrogens (tertiary/aromatic N) is 3. The summed E-state index contributed by atoms with van der Waals surface area (Å²) in [6.45, 7) is -0.591. The van der Waals surface area contributed by atoms with Gasteiger partial charge in [0.15, 0.2) is 35.2 Å². The number of hydrogen-bond donors (Lipinski definition) is 6. The van der Waals surface area contributed by atoms with Crippen molar-refractivity contribution in [1.29, 1.82) is 0 Å². The van der Waals surface area contributed by atoms with Gasteiger partial charge in [0.1, 0.15) is 17.2 Å². The van der Waals surface area contributed by atoms with E-state index >= 15 is 0 Å². The first-order chi connectivity index (χ1) is 44.4. The SMILES string of the molecule is O=C(COc1ccc(Cl)cc1)Nc1cccc2c(S(=O)(=O)Nc3nccs3)cccc12.O=C(COc1cccc(Cl)c1)Nc1cccc2c(S(=O)(=O)Nc3nccs3)cccc12.O=C(COc1ccccc1)Nc1ccc(S(=O)(=O)Nc2nccs2)c2ccccc12. The highest BCUT2D eigenvalue weighted by atomic mass is 35.5. The van der Waals surface area contributed by atoms with E-state index in [1.165, 1.54) is 70.8 Å². The Morgan fingerprint density at radius 2 is 0.707 bits per heavy atom. The van der Waals surface area contributed by atoms with Crippen molar-refractivity contribution in [3.05, 3.63) is 233 Å². The number of carbonyl (C=O) groups is 3. The molecule has 0 fully saturated rings. The Kier molecular flexibility index (Phi) is 21.2. The van der Waals surface area contributed by atoms with E-state index in [-0.39, 0.29) is 67.6 Å². The second-order valence-corrected chi connectivity index (χ2v) is 27.5. The first-order valence-corrected chi connectivity index (χ1v) is 34.9. The second-order valence-electron chi connectivity index (χ2n) is 19.0. The van der Waals surface area contributed by atoms with Gasteiger partial charge in [-0.15, -0.1) is 34.0 Å². The van der Waals surface area contributed by atoms with Gasteiger partial charge < -0.3 is 30.2 Å². The van der Waals surface area contributed by atoms with E-state index in [2.05, 4.69) is 45.1 Å². The predicted molar refractivity (Wildman–Crippen MR) is 362 cm³/mol. The largest absolute Gasteiger partial charge is 0.484 e. The molecule has 92 heavy (non-hydrogen) atoms. The van der Waals surface area contributed by atoms with Crippen molar-refractivity contribution >= 4 is 170 Å². The number of para-hydroxylation sites is 1. The van der Waals surface area contributed by atoms with Crippen LogP contribution in [0.1, 0.15) is 0 Å². The Bertz CT molecular complexity index is 4930. The van der Waals surface area contributed by atoms with E-state index in [0.29, 0.717) is 76.7 Å². The van der Waals surface area contributed by atoms with E-state index in [9.17, 15) is 39.6 Å². The highest BCUT2D eigenvalue weighted by molar-refractivity contribution is 7.93. The molecule has 0 aliphatic heterocycles. The van der Waals surface area contributed by atoms with Crippen molar-refractivity contribution in [2.75, 3.05) is 49.9 Å². The average Bonchev–Trinajstić information content (AvgIpc) is 0.857. The van der Waals surface area contributed by atoms with Crippen molar-refractivity contribution in [2.45, 2.75) is 14.7 Å². The number of amides is 3. The Labute approximate surface area is 549 Å². The van der Waals surface area contributed by atoms with Gasteiger partial charge >= 0.3 is 0 Å². The molecule has 0 aliphatic carbocycles. The van der Waals surface area contributed by atoms with Crippen LogP contribution in [0.15, 0.2) is 237 Å². The average molecular weight is 1390 g/mol. The molecule has 3 heterocycles. The molecule has 6 N–H and O–H groups in total. The maximum atomic E-state index is 12.9. The van der Waals surface area contributed by atoms with Crippen molar-refractivity contribution in [3.63, 3.8) is 0 Å². The third-order valence-electron chi connectivity index (χ3n) is 12.8. The number of rotatable bonds is 21. The molecule has 9 aromatic carbocycles. The fraction of sp³-hybridized carbons (Fsp3) is 0.0476. The predicted octanol–water partition coefficient (Wildman–Crippen LogP) is 13.7. The molecule has 0 aliphatic rings. The number of carbonyl (C=O) groups excluding carboxylic acids is 3. The molecule has 3 aromatic heterocycles. The monoisotopic (exact) mass is 1390 g/mol. The van der Waals surface area contributed by atoms with Crippen LogP contribution in [0, 0.1) is 0 Å². The number of anilines is 6. The molecule has 0 saturated carbocycles. The fourth-order valence-corrected chi connectivity index (χ4v) is 15.1. The summed E-state index contributed by atoms with van der Waals surface area (Å²) in [5.74, 6) is 0.465. The van der Waals surface area contributed by atoms with Gasteiger partial charge in [-0.3, -0.25) is 28.5 Å². The Balaban J connectivity index is 0.000000151. The zero-order valence-corrected chi connectivity index (χ0v) is 53.8. The molecule has 0 radical (unpaired) electrons. The lowest BCUT2D eigenvalue weighted by molar-refractivity contribution is -0.118. The number of ether oxygens (including phenoxy) is 3. The molecule has 12 rings (SSSR count). The zero-order chi connectivity index (χ0) is 64.7. The molecular formula is C63H49Cl2N9O12S6. The number of benzene rings is 9. The minimum Gasteiger partial charge on any atom is -0.484 e. The van der Waals surface area contributed by atoms with Crippen LogP contribution >= 0.6 is 57.2 Å². The van der Waals surface area contributed by atoms with E-state index in [4.69, 9.17) is 37.4 Å². The topological polar surface area (TPSA) is 292 Å². The number of sulfonamides is 3. The van der Waals surface area contributed by atoms with E-state index < -0.39 is 30.1 Å². The lowest BCUT2D eigenvalue weighted by atomic mass is 10.1.